The molecule has 1 aliphatic heterocycles. The van der Waals surface area contributed by atoms with E-state index in [1.165, 1.54) is 6.07 Å². The smallest absolute Gasteiger partial charge is 0.142 e. The normalized spacial score (nSPS) is 23.3. The van der Waals surface area contributed by atoms with Crippen molar-refractivity contribution >= 4 is 17.2 Å². The Bertz CT molecular complexity index is 450. The van der Waals surface area contributed by atoms with E-state index in [2.05, 4.69) is 18.8 Å². The van der Waals surface area contributed by atoms with E-state index in [-0.39, 0.29) is 16.3 Å². The van der Waals surface area contributed by atoms with Gasteiger partial charge >= 0.3 is 0 Å². The molecule has 3 heteroatoms. The average molecular weight is 268 g/mol. The molecule has 0 amide bonds. The van der Waals surface area contributed by atoms with Crippen molar-refractivity contribution in [3.63, 3.8) is 0 Å². The minimum absolute atomic E-state index is 0.0784. The predicted octanol–water partition coefficient (Wildman–Crippen LogP) is 4.27. The zero-order valence-electron chi connectivity index (χ0n) is 10.7. The second-order valence-electron chi connectivity index (χ2n) is 5.06. The summed E-state index contributed by atoms with van der Waals surface area (Å²) in [5, 5.41) is 3.56. The first-order chi connectivity index (χ1) is 8.59. The van der Waals surface area contributed by atoms with Crippen LogP contribution >= 0.6 is 11.6 Å². The minimum Gasteiger partial charge on any atom is -0.316 e. The van der Waals surface area contributed by atoms with Gasteiger partial charge in [0.25, 0.3) is 0 Å². The molecular weight excluding hydrogens is 249 g/mol. The fraction of sp³-hybridized carbons (Fsp3) is 0.467. The number of halogens is 2. The van der Waals surface area contributed by atoms with Gasteiger partial charge in [-0.05, 0) is 42.7 Å². The van der Waals surface area contributed by atoms with Gasteiger partial charge in [-0.3, -0.25) is 0 Å². The molecule has 0 spiro atoms. The van der Waals surface area contributed by atoms with E-state index >= 15 is 0 Å². The van der Waals surface area contributed by atoms with Crippen molar-refractivity contribution in [2.45, 2.75) is 26.2 Å². The second kappa shape index (κ2) is 5.41. The highest BCUT2D eigenvalue weighted by molar-refractivity contribution is 6.30. The van der Waals surface area contributed by atoms with Crippen LogP contribution in [0.25, 0.3) is 5.57 Å². The molecular formula is C15H19ClFN. The molecule has 1 N–H and O–H groups in total. The van der Waals surface area contributed by atoms with Crippen LogP contribution in [0.4, 0.5) is 4.39 Å². The number of nitrogens with one attached hydrogen (secondary N) is 1. The third-order valence-corrected chi connectivity index (χ3v) is 4.19. The summed E-state index contributed by atoms with van der Waals surface area (Å²) in [6.45, 7) is 8.34. The predicted molar refractivity (Wildman–Crippen MR) is 75.3 cm³/mol. The van der Waals surface area contributed by atoms with Crippen LogP contribution in [0.1, 0.15) is 31.7 Å². The fourth-order valence-electron chi connectivity index (χ4n) is 2.83. The van der Waals surface area contributed by atoms with Crippen molar-refractivity contribution in [1.82, 2.24) is 5.32 Å². The summed E-state index contributed by atoms with van der Waals surface area (Å²) in [7, 11) is 0. The molecule has 1 atom stereocenters. The molecule has 18 heavy (non-hydrogen) atoms. The van der Waals surface area contributed by atoms with E-state index in [0.29, 0.717) is 0 Å². The Morgan fingerprint density at radius 3 is 2.89 bits per heavy atom. The first-order valence-corrected chi connectivity index (χ1v) is 6.82. The lowest BCUT2D eigenvalue weighted by atomic mass is 9.74. The highest BCUT2D eigenvalue weighted by atomic mass is 35.5. The zero-order valence-corrected chi connectivity index (χ0v) is 11.5. The highest BCUT2D eigenvalue weighted by Crippen LogP contribution is 2.43. The molecule has 1 saturated heterocycles. The maximum absolute atomic E-state index is 13.5. The lowest BCUT2D eigenvalue weighted by molar-refractivity contribution is 0.404. The second-order valence-corrected chi connectivity index (χ2v) is 5.47. The maximum atomic E-state index is 13.5. The number of benzene rings is 1. The SMILES string of the molecule is C=C(c1ccc(Cl)c(F)c1)C1(CCC)CCNC1. The number of rotatable bonds is 4. The molecule has 98 valence electrons. The van der Waals surface area contributed by atoms with Crippen LogP contribution in [-0.2, 0) is 0 Å². The van der Waals surface area contributed by atoms with Gasteiger partial charge in [0.2, 0.25) is 0 Å². The molecule has 2 rings (SSSR count). The summed E-state index contributed by atoms with van der Waals surface area (Å²) in [6.07, 6.45) is 3.27. The van der Waals surface area contributed by atoms with Gasteiger partial charge in [-0.25, -0.2) is 4.39 Å². The Morgan fingerprint density at radius 1 is 1.56 bits per heavy atom. The molecule has 0 radical (unpaired) electrons. The van der Waals surface area contributed by atoms with Crippen molar-refractivity contribution < 1.29 is 4.39 Å². The van der Waals surface area contributed by atoms with Crippen LogP contribution in [0, 0.1) is 11.2 Å². The molecule has 1 fully saturated rings. The Balaban J connectivity index is 2.30. The molecule has 1 unspecified atom stereocenters. The van der Waals surface area contributed by atoms with Gasteiger partial charge in [-0.1, -0.05) is 37.6 Å². The summed E-state index contributed by atoms with van der Waals surface area (Å²) < 4.78 is 13.5. The van der Waals surface area contributed by atoms with E-state index in [1.807, 2.05) is 6.07 Å². The van der Waals surface area contributed by atoms with E-state index in [0.717, 1.165) is 43.5 Å². The summed E-state index contributed by atoms with van der Waals surface area (Å²) in [6, 6.07) is 4.98. The molecule has 0 aromatic heterocycles. The third-order valence-electron chi connectivity index (χ3n) is 3.88. The Kier molecular flexibility index (Phi) is 4.08. The molecule has 0 aliphatic carbocycles. The molecule has 1 heterocycles. The Morgan fingerprint density at radius 2 is 2.33 bits per heavy atom. The van der Waals surface area contributed by atoms with Crippen molar-refractivity contribution in [2.75, 3.05) is 13.1 Å². The van der Waals surface area contributed by atoms with Gasteiger partial charge in [0.15, 0.2) is 0 Å². The van der Waals surface area contributed by atoms with Crippen molar-refractivity contribution in [3.8, 4) is 0 Å². The van der Waals surface area contributed by atoms with Gasteiger partial charge in [0, 0.05) is 12.0 Å². The lowest BCUT2D eigenvalue weighted by Gasteiger charge is -2.31. The van der Waals surface area contributed by atoms with Gasteiger partial charge in [-0.15, -0.1) is 0 Å². The Hall–Kier alpha value is -0.860. The first-order valence-electron chi connectivity index (χ1n) is 6.44. The summed E-state index contributed by atoms with van der Waals surface area (Å²) in [4.78, 5) is 0. The molecule has 1 nitrogen and oxygen atoms in total. The molecule has 1 aromatic rings. The molecule has 0 saturated carbocycles. The van der Waals surface area contributed by atoms with Crippen molar-refractivity contribution in [2.24, 2.45) is 5.41 Å². The van der Waals surface area contributed by atoms with E-state index in [1.54, 1.807) is 6.07 Å². The van der Waals surface area contributed by atoms with Crippen LogP contribution in [-0.4, -0.2) is 13.1 Å². The summed E-state index contributed by atoms with van der Waals surface area (Å²) in [5.41, 5.74) is 1.98. The largest absolute Gasteiger partial charge is 0.316 e. The summed E-state index contributed by atoms with van der Waals surface area (Å²) >= 11 is 5.72. The third kappa shape index (κ3) is 2.45. The molecule has 1 aromatic carbocycles. The van der Waals surface area contributed by atoms with Crippen LogP contribution in [0.2, 0.25) is 5.02 Å². The van der Waals surface area contributed by atoms with Crippen LogP contribution in [0.5, 0.6) is 0 Å². The number of hydrogen-bond donors (Lipinski definition) is 1. The van der Waals surface area contributed by atoms with E-state index in [9.17, 15) is 4.39 Å². The van der Waals surface area contributed by atoms with Gasteiger partial charge < -0.3 is 5.32 Å². The zero-order chi connectivity index (χ0) is 13.2. The number of hydrogen-bond acceptors (Lipinski definition) is 1. The van der Waals surface area contributed by atoms with Crippen LogP contribution in [0.15, 0.2) is 24.8 Å². The van der Waals surface area contributed by atoms with Crippen molar-refractivity contribution in [3.05, 3.63) is 41.2 Å². The quantitative estimate of drug-likeness (QED) is 0.859. The topological polar surface area (TPSA) is 12.0 Å². The van der Waals surface area contributed by atoms with E-state index < -0.39 is 0 Å². The molecule has 1 aliphatic rings. The standard InChI is InChI=1S/C15H19ClFN/c1-3-6-15(7-8-18-10-15)11(2)12-4-5-13(16)14(17)9-12/h4-5,9,18H,2-3,6-8,10H2,1H3. The van der Waals surface area contributed by atoms with Gasteiger partial charge in [0.05, 0.1) is 5.02 Å². The maximum Gasteiger partial charge on any atom is 0.142 e. The van der Waals surface area contributed by atoms with E-state index in [4.69, 9.17) is 11.6 Å². The summed E-state index contributed by atoms with van der Waals surface area (Å²) in [5.74, 6) is -0.368. The highest BCUT2D eigenvalue weighted by Gasteiger charge is 2.36. The lowest BCUT2D eigenvalue weighted by Crippen LogP contribution is -2.25. The monoisotopic (exact) mass is 267 g/mol. The van der Waals surface area contributed by atoms with Gasteiger partial charge in [0.1, 0.15) is 5.82 Å². The Labute approximate surface area is 113 Å². The minimum atomic E-state index is -0.368. The average Bonchev–Trinajstić information content (AvgIpc) is 2.82. The van der Waals surface area contributed by atoms with Crippen molar-refractivity contribution in [1.29, 1.82) is 0 Å². The van der Waals surface area contributed by atoms with Crippen LogP contribution < -0.4 is 5.32 Å². The first kappa shape index (κ1) is 13.6. The fourth-order valence-corrected chi connectivity index (χ4v) is 2.95. The van der Waals surface area contributed by atoms with Crippen LogP contribution in [0.3, 0.4) is 0 Å². The molecule has 0 bridgehead atoms. The van der Waals surface area contributed by atoms with Gasteiger partial charge in [-0.2, -0.15) is 0 Å².